The van der Waals surface area contributed by atoms with Gasteiger partial charge >= 0.3 is 0 Å². The molecule has 0 radical (unpaired) electrons. The second-order valence-corrected chi connectivity index (χ2v) is 3.75. The number of carbonyl (C=O) groups is 1. The SMILES string of the molecule is CC.CC.CCc1ccc(C(=O)c2ccccc2)cc1. The van der Waals surface area contributed by atoms with Gasteiger partial charge in [-0.05, 0) is 12.0 Å². The molecule has 1 nitrogen and oxygen atoms in total. The van der Waals surface area contributed by atoms with E-state index in [2.05, 4.69) is 6.92 Å². The summed E-state index contributed by atoms with van der Waals surface area (Å²) in [5.41, 5.74) is 2.75. The quantitative estimate of drug-likeness (QED) is 0.670. The number of aryl methyl sites for hydroxylation is 1. The number of benzene rings is 2. The molecule has 108 valence electrons. The maximum Gasteiger partial charge on any atom is 0.193 e. The number of hydrogen-bond acceptors (Lipinski definition) is 1. The minimum absolute atomic E-state index is 0.0863. The van der Waals surface area contributed by atoms with Gasteiger partial charge in [0, 0.05) is 11.1 Å². The van der Waals surface area contributed by atoms with Crippen molar-refractivity contribution in [2.75, 3.05) is 0 Å². The molecule has 0 aliphatic rings. The van der Waals surface area contributed by atoms with E-state index in [0.717, 1.165) is 17.5 Å². The zero-order chi connectivity index (χ0) is 15.4. The van der Waals surface area contributed by atoms with Crippen LogP contribution in [0.2, 0.25) is 0 Å². The Hall–Kier alpha value is -1.89. The Morgan fingerprint density at radius 3 is 1.65 bits per heavy atom. The van der Waals surface area contributed by atoms with E-state index in [1.54, 1.807) is 0 Å². The van der Waals surface area contributed by atoms with Gasteiger partial charge in [-0.3, -0.25) is 4.79 Å². The van der Waals surface area contributed by atoms with Crippen LogP contribution < -0.4 is 0 Å². The minimum Gasteiger partial charge on any atom is -0.289 e. The number of ketones is 1. The van der Waals surface area contributed by atoms with Crippen molar-refractivity contribution in [3.63, 3.8) is 0 Å². The predicted molar refractivity (Wildman–Crippen MR) is 88.4 cm³/mol. The van der Waals surface area contributed by atoms with Gasteiger partial charge in [0.15, 0.2) is 5.78 Å². The molecule has 0 atom stereocenters. The second kappa shape index (κ2) is 11.0. The van der Waals surface area contributed by atoms with Gasteiger partial charge in [-0.2, -0.15) is 0 Å². The van der Waals surface area contributed by atoms with E-state index in [-0.39, 0.29) is 5.78 Å². The zero-order valence-corrected chi connectivity index (χ0v) is 13.3. The van der Waals surface area contributed by atoms with Crippen LogP contribution in [0.4, 0.5) is 0 Å². The van der Waals surface area contributed by atoms with Gasteiger partial charge in [0.05, 0.1) is 0 Å². The Labute approximate surface area is 123 Å². The third-order valence-corrected chi connectivity index (χ3v) is 2.66. The fourth-order valence-electron chi connectivity index (χ4n) is 1.65. The molecule has 0 saturated carbocycles. The Bertz CT molecular complexity index is 469. The molecule has 0 fully saturated rings. The lowest BCUT2D eigenvalue weighted by Crippen LogP contribution is -2.00. The van der Waals surface area contributed by atoms with Crippen LogP contribution in [0, 0.1) is 0 Å². The summed E-state index contributed by atoms with van der Waals surface area (Å²) in [7, 11) is 0. The number of carbonyl (C=O) groups excluding carboxylic acids is 1. The highest BCUT2D eigenvalue weighted by Gasteiger charge is 2.07. The largest absolute Gasteiger partial charge is 0.289 e. The molecule has 2 rings (SSSR count). The van der Waals surface area contributed by atoms with Crippen LogP contribution in [0.15, 0.2) is 54.6 Å². The topological polar surface area (TPSA) is 17.1 Å². The van der Waals surface area contributed by atoms with Gasteiger partial charge in [-0.1, -0.05) is 89.2 Å². The van der Waals surface area contributed by atoms with Crippen LogP contribution in [0.25, 0.3) is 0 Å². The average Bonchev–Trinajstić information content (AvgIpc) is 2.59. The summed E-state index contributed by atoms with van der Waals surface area (Å²) in [5, 5.41) is 0. The molecular formula is C19H26O. The summed E-state index contributed by atoms with van der Waals surface area (Å²) < 4.78 is 0. The highest BCUT2D eigenvalue weighted by Crippen LogP contribution is 2.11. The molecule has 0 amide bonds. The second-order valence-electron chi connectivity index (χ2n) is 3.75. The van der Waals surface area contributed by atoms with Gasteiger partial charge in [-0.25, -0.2) is 0 Å². The molecule has 0 saturated heterocycles. The molecule has 0 spiro atoms. The van der Waals surface area contributed by atoms with Gasteiger partial charge < -0.3 is 0 Å². The van der Waals surface area contributed by atoms with Gasteiger partial charge in [0.25, 0.3) is 0 Å². The Morgan fingerprint density at radius 1 is 0.750 bits per heavy atom. The van der Waals surface area contributed by atoms with Crippen LogP contribution in [-0.4, -0.2) is 5.78 Å². The van der Waals surface area contributed by atoms with Crippen molar-refractivity contribution in [2.45, 2.75) is 41.0 Å². The Balaban J connectivity index is 0.000000829. The van der Waals surface area contributed by atoms with Crippen molar-refractivity contribution in [3.8, 4) is 0 Å². The molecule has 0 aromatic heterocycles. The summed E-state index contributed by atoms with van der Waals surface area (Å²) in [6, 6.07) is 17.2. The molecular weight excluding hydrogens is 244 g/mol. The van der Waals surface area contributed by atoms with E-state index in [4.69, 9.17) is 0 Å². The highest BCUT2D eigenvalue weighted by molar-refractivity contribution is 6.08. The lowest BCUT2D eigenvalue weighted by Gasteiger charge is -2.02. The summed E-state index contributed by atoms with van der Waals surface area (Å²) in [6.07, 6.45) is 1.000. The summed E-state index contributed by atoms with van der Waals surface area (Å²) in [6.45, 7) is 10.1. The molecule has 20 heavy (non-hydrogen) atoms. The average molecular weight is 270 g/mol. The highest BCUT2D eigenvalue weighted by atomic mass is 16.1. The monoisotopic (exact) mass is 270 g/mol. The third kappa shape index (κ3) is 5.40. The molecule has 2 aromatic rings. The first kappa shape index (κ1) is 18.1. The first-order valence-electron chi connectivity index (χ1n) is 7.50. The Morgan fingerprint density at radius 2 is 1.20 bits per heavy atom. The van der Waals surface area contributed by atoms with Crippen LogP contribution in [0.3, 0.4) is 0 Å². The molecule has 0 N–H and O–H groups in total. The maximum absolute atomic E-state index is 12.0. The first-order chi connectivity index (χ1) is 9.81. The maximum atomic E-state index is 12.0. The van der Waals surface area contributed by atoms with E-state index in [1.807, 2.05) is 82.3 Å². The summed E-state index contributed by atoms with van der Waals surface area (Å²) in [4.78, 5) is 12.0. The van der Waals surface area contributed by atoms with Crippen LogP contribution in [0.1, 0.15) is 56.1 Å². The van der Waals surface area contributed by atoms with Crippen LogP contribution in [0.5, 0.6) is 0 Å². The Kier molecular flexibility index (Phi) is 9.94. The van der Waals surface area contributed by atoms with Crippen molar-refractivity contribution < 1.29 is 4.79 Å². The first-order valence-corrected chi connectivity index (χ1v) is 7.50. The lowest BCUT2D eigenvalue weighted by atomic mass is 10.0. The third-order valence-electron chi connectivity index (χ3n) is 2.66. The van der Waals surface area contributed by atoms with Crippen molar-refractivity contribution in [3.05, 3.63) is 71.3 Å². The molecule has 0 unspecified atom stereocenters. The van der Waals surface area contributed by atoms with Crippen molar-refractivity contribution >= 4 is 5.78 Å². The van der Waals surface area contributed by atoms with E-state index >= 15 is 0 Å². The number of rotatable bonds is 3. The molecule has 0 aliphatic heterocycles. The fraction of sp³-hybridized carbons (Fsp3) is 0.316. The standard InChI is InChI=1S/C15H14O.2C2H6/c1-2-12-8-10-14(11-9-12)15(16)13-6-4-3-5-7-13;2*1-2/h3-11H,2H2,1H3;2*1-2H3. The van der Waals surface area contributed by atoms with E-state index in [9.17, 15) is 4.79 Å². The van der Waals surface area contributed by atoms with E-state index in [1.165, 1.54) is 5.56 Å². The lowest BCUT2D eigenvalue weighted by molar-refractivity contribution is 0.103. The minimum atomic E-state index is 0.0863. The summed E-state index contributed by atoms with van der Waals surface area (Å²) in [5.74, 6) is 0.0863. The van der Waals surface area contributed by atoms with Crippen molar-refractivity contribution in [1.82, 2.24) is 0 Å². The van der Waals surface area contributed by atoms with E-state index in [0.29, 0.717) is 0 Å². The molecule has 1 heteroatoms. The molecule has 0 aliphatic carbocycles. The van der Waals surface area contributed by atoms with Gasteiger partial charge in [-0.15, -0.1) is 0 Å². The fourth-order valence-corrected chi connectivity index (χ4v) is 1.65. The van der Waals surface area contributed by atoms with Crippen LogP contribution >= 0.6 is 0 Å². The van der Waals surface area contributed by atoms with Crippen molar-refractivity contribution in [1.29, 1.82) is 0 Å². The normalized spacial score (nSPS) is 8.65. The molecule has 2 aromatic carbocycles. The predicted octanol–water partition coefficient (Wildman–Crippen LogP) is 5.53. The van der Waals surface area contributed by atoms with Gasteiger partial charge in [0.1, 0.15) is 0 Å². The zero-order valence-electron chi connectivity index (χ0n) is 13.3. The molecule has 0 heterocycles. The van der Waals surface area contributed by atoms with Crippen molar-refractivity contribution in [2.24, 2.45) is 0 Å². The van der Waals surface area contributed by atoms with E-state index < -0.39 is 0 Å². The molecule has 0 bridgehead atoms. The van der Waals surface area contributed by atoms with Gasteiger partial charge in [0.2, 0.25) is 0 Å². The number of hydrogen-bond donors (Lipinski definition) is 0. The van der Waals surface area contributed by atoms with Crippen LogP contribution in [-0.2, 0) is 6.42 Å². The smallest absolute Gasteiger partial charge is 0.193 e. The summed E-state index contributed by atoms with van der Waals surface area (Å²) >= 11 is 0.